The number of aromatic nitrogens is 2. The van der Waals surface area contributed by atoms with Gasteiger partial charge in [-0.05, 0) is 58.3 Å². The molecule has 1 aromatic rings. The van der Waals surface area contributed by atoms with E-state index in [9.17, 15) is 0 Å². The Hall–Kier alpha value is -1.16. The normalized spacial score (nSPS) is 31.6. The van der Waals surface area contributed by atoms with Crippen LogP contribution in [0.5, 0.6) is 0 Å². The van der Waals surface area contributed by atoms with Gasteiger partial charge in [-0.15, -0.1) is 0 Å². The predicted octanol–water partition coefficient (Wildman–Crippen LogP) is 3.20. The molecule has 2 saturated heterocycles. The smallest absolute Gasteiger partial charge is 0.136 e. The van der Waals surface area contributed by atoms with E-state index in [1.54, 1.807) is 0 Å². The van der Waals surface area contributed by atoms with Crippen LogP contribution in [0.15, 0.2) is 0 Å². The first kappa shape index (κ1) is 14.2. The van der Waals surface area contributed by atoms with Crippen molar-refractivity contribution in [1.29, 1.82) is 0 Å². The Morgan fingerprint density at radius 2 is 1.96 bits per heavy atom. The Labute approximate surface area is 138 Å². The number of aryl methyl sites for hydroxylation is 2. The zero-order chi connectivity index (χ0) is 15.4. The highest BCUT2D eigenvalue weighted by Gasteiger charge is 2.60. The van der Waals surface area contributed by atoms with E-state index in [1.807, 2.05) is 0 Å². The molecule has 4 aliphatic rings. The van der Waals surface area contributed by atoms with E-state index in [4.69, 9.17) is 14.7 Å². The van der Waals surface area contributed by atoms with Gasteiger partial charge in [-0.2, -0.15) is 0 Å². The molecule has 23 heavy (non-hydrogen) atoms. The first-order valence-electron chi connectivity index (χ1n) is 9.51. The predicted molar refractivity (Wildman–Crippen MR) is 89.8 cm³/mol. The number of fused-ring (bicyclic) bond motifs is 1. The van der Waals surface area contributed by atoms with E-state index in [1.165, 1.54) is 68.6 Å². The lowest BCUT2D eigenvalue weighted by atomic mass is 9.56. The standard InChI is InChI=1S/C19H27N3O/c1-13-20-15-7-3-2-6-14(15)18(21-13)22-12-19(9-5-10-19)17(22)16-8-4-11-23-16/h16-17H,2-12H2,1H3. The van der Waals surface area contributed by atoms with Crippen molar-refractivity contribution >= 4 is 5.82 Å². The molecule has 2 unspecified atom stereocenters. The van der Waals surface area contributed by atoms with Crippen molar-refractivity contribution in [2.24, 2.45) is 5.41 Å². The van der Waals surface area contributed by atoms with E-state index in [2.05, 4.69) is 11.8 Å². The molecule has 124 valence electrons. The summed E-state index contributed by atoms with van der Waals surface area (Å²) in [5.74, 6) is 2.20. The van der Waals surface area contributed by atoms with Crippen LogP contribution in [-0.2, 0) is 17.6 Å². The van der Waals surface area contributed by atoms with Gasteiger partial charge < -0.3 is 9.64 Å². The van der Waals surface area contributed by atoms with Crippen LogP contribution in [0.4, 0.5) is 5.82 Å². The molecule has 3 fully saturated rings. The van der Waals surface area contributed by atoms with Crippen molar-refractivity contribution in [3.8, 4) is 0 Å². The van der Waals surface area contributed by atoms with Crippen molar-refractivity contribution in [1.82, 2.24) is 9.97 Å². The van der Waals surface area contributed by atoms with Crippen molar-refractivity contribution < 1.29 is 4.74 Å². The Bertz CT molecular complexity index is 619. The Balaban J connectivity index is 1.52. The number of ether oxygens (including phenoxy) is 1. The number of hydrogen-bond acceptors (Lipinski definition) is 4. The third kappa shape index (κ3) is 2.07. The van der Waals surface area contributed by atoms with E-state index in [0.29, 0.717) is 17.6 Å². The van der Waals surface area contributed by atoms with Gasteiger partial charge in [0.15, 0.2) is 0 Å². The third-order valence-electron chi connectivity index (χ3n) is 6.66. The first-order chi connectivity index (χ1) is 11.3. The molecule has 4 nitrogen and oxygen atoms in total. The molecule has 0 N–H and O–H groups in total. The highest BCUT2D eigenvalue weighted by atomic mass is 16.5. The monoisotopic (exact) mass is 313 g/mol. The lowest BCUT2D eigenvalue weighted by Gasteiger charge is -2.64. The second kappa shape index (κ2) is 5.17. The quantitative estimate of drug-likeness (QED) is 0.840. The molecule has 2 atom stereocenters. The van der Waals surface area contributed by atoms with Gasteiger partial charge in [0.05, 0.1) is 12.1 Å². The number of hydrogen-bond donors (Lipinski definition) is 0. The lowest BCUT2D eigenvalue weighted by molar-refractivity contribution is -0.0496. The zero-order valence-electron chi connectivity index (χ0n) is 14.2. The molecule has 1 aromatic heterocycles. The molecule has 1 saturated carbocycles. The number of rotatable bonds is 2. The molecule has 1 spiro atoms. The summed E-state index contributed by atoms with van der Waals surface area (Å²) in [5, 5.41) is 0. The summed E-state index contributed by atoms with van der Waals surface area (Å²) in [5.41, 5.74) is 3.30. The summed E-state index contributed by atoms with van der Waals surface area (Å²) in [7, 11) is 0. The summed E-state index contributed by atoms with van der Waals surface area (Å²) in [4.78, 5) is 12.3. The fourth-order valence-electron chi connectivity index (χ4n) is 5.42. The maximum absolute atomic E-state index is 6.13. The minimum absolute atomic E-state index is 0.429. The molecule has 2 aliphatic carbocycles. The minimum Gasteiger partial charge on any atom is -0.376 e. The summed E-state index contributed by atoms with van der Waals surface area (Å²) in [6.07, 6.45) is 11.9. The van der Waals surface area contributed by atoms with Crippen molar-refractivity contribution in [2.45, 2.75) is 76.9 Å². The van der Waals surface area contributed by atoms with Crippen LogP contribution in [0.25, 0.3) is 0 Å². The fraction of sp³-hybridized carbons (Fsp3) is 0.789. The maximum Gasteiger partial charge on any atom is 0.136 e. The van der Waals surface area contributed by atoms with Gasteiger partial charge in [-0.1, -0.05) is 6.42 Å². The van der Waals surface area contributed by atoms with Crippen LogP contribution in [-0.4, -0.2) is 35.3 Å². The molecule has 2 aliphatic heterocycles. The molecule has 3 heterocycles. The van der Waals surface area contributed by atoms with Crippen LogP contribution in [0, 0.1) is 12.3 Å². The third-order valence-corrected chi connectivity index (χ3v) is 6.66. The molecule has 0 aromatic carbocycles. The van der Waals surface area contributed by atoms with Gasteiger partial charge in [0.25, 0.3) is 0 Å². The van der Waals surface area contributed by atoms with E-state index < -0.39 is 0 Å². The molecule has 0 amide bonds. The van der Waals surface area contributed by atoms with Crippen LogP contribution >= 0.6 is 0 Å². The second-order valence-corrected chi connectivity index (χ2v) is 8.07. The number of anilines is 1. The molecule has 0 radical (unpaired) electrons. The van der Waals surface area contributed by atoms with Gasteiger partial charge in [0, 0.05) is 29.8 Å². The summed E-state index contributed by atoms with van der Waals surface area (Å²) in [6.45, 7) is 4.20. The van der Waals surface area contributed by atoms with Crippen molar-refractivity contribution in [3.63, 3.8) is 0 Å². The van der Waals surface area contributed by atoms with Gasteiger partial charge in [-0.3, -0.25) is 0 Å². The Kier molecular flexibility index (Phi) is 3.19. The van der Waals surface area contributed by atoms with Gasteiger partial charge in [-0.25, -0.2) is 9.97 Å². The van der Waals surface area contributed by atoms with Crippen LogP contribution in [0.3, 0.4) is 0 Å². The van der Waals surface area contributed by atoms with Crippen LogP contribution in [0.1, 0.15) is 62.0 Å². The molecule has 4 heteroatoms. The minimum atomic E-state index is 0.429. The van der Waals surface area contributed by atoms with Gasteiger partial charge >= 0.3 is 0 Å². The summed E-state index contributed by atoms with van der Waals surface area (Å²) in [6, 6.07) is 0.569. The van der Waals surface area contributed by atoms with Gasteiger partial charge in [0.2, 0.25) is 0 Å². The highest BCUT2D eigenvalue weighted by molar-refractivity contribution is 5.55. The Morgan fingerprint density at radius 1 is 1.09 bits per heavy atom. The summed E-state index contributed by atoms with van der Waals surface area (Å²) < 4.78 is 6.13. The molecular weight excluding hydrogens is 286 g/mol. The summed E-state index contributed by atoms with van der Waals surface area (Å²) >= 11 is 0. The lowest BCUT2D eigenvalue weighted by Crippen LogP contribution is -2.72. The van der Waals surface area contributed by atoms with Crippen molar-refractivity contribution in [3.05, 3.63) is 17.1 Å². The first-order valence-corrected chi connectivity index (χ1v) is 9.51. The Morgan fingerprint density at radius 3 is 2.70 bits per heavy atom. The maximum atomic E-state index is 6.13. The fourth-order valence-corrected chi connectivity index (χ4v) is 5.42. The van der Waals surface area contributed by atoms with Crippen molar-refractivity contribution in [2.75, 3.05) is 18.1 Å². The van der Waals surface area contributed by atoms with E-state index >= 15 is 0 Å². The van der Waals surface area contributed by atoms with E-state index in [0.717, 1.165) is 25.3 Å². The molecule has 5 rings (SSSR count). The van der Waals surface area contributed by atoms with Gasteiger partial charge in [0.1, 0.15) is 11.6 Å². The van der Waals surface area contributed by atoms with Crippen LogP contribution < -0.4 is 4.90 Å². The topological polar surface area (TPSA) is 38.2 Å². The number of nitrogens with zero attached hydrogens (tertiary/aromatic N) is 3. The second-order valence-electron chi connectivity index (χ2n) is 8.07. The average Bonchev–Trinajstić information content (AvgIpc) is 2.98. The SMILES string of the molecule is Cc1nc2c(c(N3CC4(CCC4)C3C3CCCO3)n1)CCCC2. The largest absolute Gasteiger partial charge is 0.376 e. The molecule has 0 bridgehead atoms. The highest BCUT2D eigenvalue weighted by Crippen LogP contribution is 2.57. The van der Waals surface area contributed by atoms with Crippen LogP contribution in [0.2, 0.25) is 0 Å². The molecular formula is C19H27N3O. The zero-order valence-corrected chi connectivity index (χ0v) is 14.2. The average molecular weight is 313 g/mol. The van der Waals surface area contributed by atoms with E-state index in [-0.39, 0.29) is 0 Å².